The van der Waals surface area contributed by atoms with E-state index in [1.54, 1.807) is 21.1 Å². The second-order valence-corrected chi connectivity index (χ2v) is 6.21. The fourth-order valence-corrected chi connectivity index (χ4v) is 2.63. The van der Waals surface area contributed by atoms with Crippen LogP contribution in [-0.2, 0) is 16.1 Å². The van der Waals surface area contributed by atoms with Gasteiger partial charge in [0.1, 0.15) is 5.75 Å². The third-order valence-corrected chi connectivity index (χ3v) is 4.11. The lowest BCUT2D eigenvalue weighted by Gasteiger charge is -2.17. The van der Waals surface area contributed by atoms with Gasteiger partial charge in [0.05, 0.1) is 12.8 Å². The summed E-state index contributed by atoms with van der Waals surface area (Å²) < 4.78 is 15.0. The maximum Gasteiger partial charge on any atom is 0.377 e. The van der Waals surface area contributed by atoms with Gasteiger partial charge >= 0.3 is 5.97 Å². The molecule has 2 aromatic carbocycles. The minimum absolute atomic E-state index is 0.0205. The summed E-state index contributed by atoms with van der Waals surface area (Å²) in [7, 11) is 3.29. The molecule has 140 valence electrons. The van der Waals surface area contributed by atoms with E-state index >= 15 is 0 Å². The number of rotatable bonds is 6. The topological polar surface area (TPSA) is 81.9 Å². The summed E-state index contributed by atoms with van der Waals surface area (Å²) in [5.41, 5.74) is 1.54. The highest BCUT2D eigenvalue weighted by Crippen LogP contribution is 2.22. The van der Waals surface area contributed by atoms with Crippen LogP contribution in [0.3, 0.4) is 0 Å². The van der Waals surface area contributed by atoms with Crippen molar-refractivity contribution in [2.45, 2.75) is 13.5 Å². The van der Waals surface area contributed by atoms with Crippen molar-refractivity contribution in [3.8, 4) is 5.75 Å². The number of amides is 1. The van der Waals surface area contributed by atoms with Gasteiger partial charge in [0, 0.05) is 19.7 Å². The third kappa shape index (κ3) is 4.44. The minimum Gasteiger partial charge on any atom is -0.497 e. The predicted octanol–water partition coefficient (Wildman–Crippen LogP) is 2.96. The Morgan fingerprint density at radius 2 is 1.85 bits per heavy atom. The van der Waals surface area contributed by atoms with Gasteiger partial charge in [-0.2, -0.15) is 0 Å². The van der Waals surface area contributed by atoms with Gasteiger partial charge in [-0.3, -0.25) is 4.79 Å². The monoisotopic (exact) mass is 368 g/mol. The first-order chi connectivity index (χ1) is 13.0. The molecule has 0 aliphatic carbocycles. The summed E-state index contributed by atoms with van der Waals surface area (Å²) in [6.45, 7) is 1.73. The molecule has 27 heavy (non-hydrogen) atoms. The molecule has 0 bridgehead atoms. The number of esters is 1. The van der Waals surface area contributed by atoms with E-state index in [0.29, 0.717) is 12.2 Å². The van der Waals surface area contributed by atoms with Crippen molar-refractivity contribution in [2.75, 3.05) is 20.8 Å². The standard InChI is InChI=1S/C20H20N2O5/c1-13-8-18(27-21-13)20(24)26-12-19(23)22(2)11-14-4-5-16-10-17(25-3)7-6-15(16)9-14/h4-10H,11-12H2,1-3H3. The number of nitrogens with zero attached hydrogens (tertiary/aromatic N) is 2. The molecule has 0 fully saturated rings. The van der Waals surface area contributed by atoms with Crippen molar-refractivity contribution < 1.29 is 23.6 Å². The highest BCUT2D eigenvalue weighted by atomic mass is 16.6. The molecule has 0 saturated carbocycles. The van der Waals surface area contributed by atoms with Crippen molar-refractivity contribution >= 4 is 22.6 Å². The number of hydrogen-bond acceptors (Lipinski definition) is 6. The number of hydrogen-bond donors (Lipinski definition) is 0. The van der Waals surface area contributed by atoms with E-state index < -0.39 is 5.97 Å². The Balaban J connectivity index is 1.59. The predicted molar refractivity (Wildman–Crippen MR) is 98.5 cm³/mol. The molecule has 0 unspecified atom stereocenters. The van der Waals surface area contributed by atoms with Gasteiger partial charge in [-0.15, -0.1) is 0 Å². The molecule has 0 aliphatic rings. The first kappa shape index (κ1) is 18.4. The van der Waals surface area contributed by atoms with E-state index in [9.17, 15) is 9.59 Å². The number of fused-ring (bicyclic) bond motifs is 1. The van der Waals surface area contributed by atoms with E-state index in [0.717, 1.165) is 22.1 Å². The molecule has 1 heterocycles. The highest BCUT2D eigenvalue weighted by Gasteiger charge is 2.17. The van der Waals surface area contributed by atoms with Crippen molar-refractivity contribution in [3.05, 3.63) is 59.5 Å². The zero-order valence-corrected chi connectivity index (χ0v) is 15.4. The Kier molecular flexibility index (Phi) is 5.40. The van der Waals surface area contributed by atoms with E-state index in [4.69, 9.17) is 14.0 Å². The SMILES string of the molecule is COc1ccc2cc(CN(C)C(=O)COC(=O)c3cc(C)no3)ccc2c1. The smallest absolute Gasteiger partial charge is 0.377 e. The molecule has 1 amide bonds. The van der Waals surface area contributed by atoms with E-state index in [1.807, 2.05) is 36.4 Å². The summed E-state index contributed by atoms with van der Waals surface area (Å²) >= 11 is 0. The molecule has 3 aromatic rings. The molecule has 0 N–H and O–H groups in total. The maximum absolute atomic E-state index is 12.2. The van der Waals surface area contributed by atoms with Crippen LogP contribution in [0.4, 0.5) is 0 Å². The maximum atomic E-state index is 12.2. The molecular weight excluding hydrogens is 348 g/mol. The average Bonchev–Trinajstić information content (AvgIpc) is 3.11. The van der Waals surface area contributed by atoms with Gasteiger partial charge < -0.3 is 18.9 Å². The lowest BCUT2D eigenvalue weighted by atomic mass is 10.1. The number of likely N-dealkylation sites (N-methyl/N-ethyl adjacent to an activating group) is 1. The number of benzene rings is 2. The number of aryl methyl sites for hydroxylation is 1. The van der Waals surface area contributed by atoms with Gasteiger partial charge in [-0.25, -0.2) is 4.79 Å². The van der Waals surface area contributed by atoms with Crippen molar-refractivity contribution in [1.82, 2.24) is 10.1 Å². The van der Waals surface area contributed by atoms with Gasteiger partial charge in [0.25, 0.3) is 5.91 Å². The molecule has 0 aliphatic heterocycles. The van der Waals surface area contributed by atoms with E-state index in [2.05, 4.69) is 5.16 Å². The van der Waals surface area contributed by atoms with Gasteiger partial charge in [0.15, 0.2) is 6.61 Å². The largest absolute Gasteiger partial charge is 0.497 e. The Morgan fingerprint density at radius 3 is 2.56 bits per heavy atom. The Morgan fingerprint density at radius 1 is 1.11 bits per heavy atom. The zero-order chi connectivity index (χ0) is 19.4. The number of aromatic nitrogens is 1. The minimum atomic E-state index is -0.711. The first-order valence-electron chi connectivity index (χ1n) is 8.37. The van der Waals surface area contributed by atoms with E-state index in [-0.39, 0.29) is 18.3 Å². The van der Waals surface area contributed by atoms with Crippen LogP contribution >= 0.6 is 0 Å². The average molecular weight is 368 g/mol. The van der Waals surface area contributed by atoms with Crippen LogP contribution < -0.4 is 4.74 Å². The van der Waals surface area contributed by atoms with E-state index in [1.165, 1.54) is 11.0 Å². The molecular formula is C20H20N2O5. The summed E-state index contributed by atoms with van der Waals surface area (Å²) in [6.07, 6.45) is 0. The Hall–Kier alpha value is -3.35. The summed E-state index contributed by atoms with van der Waals surface area (Å²) in [6, 6.07) is 13.2. The van der Waals surface area contributed by atoms with Crippen molar-refractivity contribution in [1.29, 1.82) is 0 Å². The molecule has 0 spiro atoms. The van der Waals surface area contributed by atoms with Crippen LogP contribution in [0.15, 0.2) is 47.0 Å². The highest BCUT2D eigenvalue weighted by molar-refractivity contribution is 5.89. The molecule has 0 radical (unpaired) electrons. The van der Waals surface area contributed by atoms with Gasteiger partial charge in [-0.1, -0.05) is 23.4 Å². The molecule has 7 nitrogen and oxygen atoms in total. The fraction of sp³-hybridized carbons (Fsp3) is 0.250. The molecule has 0 saturated heterocycles. The second-order valence-electron chi connectivity index (χ2n) is 6.21. The van der Waals surface area contributed by atoms with Crippen LogP contribution in [-0.4, -0.2) is 42.7 Å². The molecule has 3 rings (SSSR count). The first-order valence-corrected chi connectivity index (χ1v) is 8.37. The Bertz CT molecular complexity index is 979. The fourth-order valence-electron chi connectivity index (χ4n) is 2.63. The van der Waals surface area contributed by atoms with Crippen LogP contribution in [0, 0.1) is 6.92 Å². The quantitative estimate of drug-likeness (QED) is 0.622. The van der Waals surface area contributed by atoms with Crippen LogP contribution in [0.5, 0.6) is 5.75 Å². The number of ether oxygens (including phenoxy) is 2. The normalized spacial score (nSPS) is 10.6. The van der Waals surface area contributed by atoms with Crippen LogP contribution in [0.2, 0.25) is 0 Å². The number of methoxy groups -OCH3 is 1. The summed E-state index contributed by atoms with van der Waals surface area (Å²) in [4.78, 5) is 25.5. The lowest BCUT2D eigenvalue weighted by molar-refractivity contribution is -0.133. The van der Waals surface area contributed by atoms with Gasteiger partial charge in [0.2, 0.25) is 5.76 Å². The molecule has 0 atom stereocenters. The van der Waals surface area contributed by atoms with Crippen LogP contribution in [0.25, 0.3) is 10.8 Å². The Labute approximate surface area is 156 Å². The van der Waals surface area contributed by atoms with Crippen LogP contribution in [0.1, 0.15) is 21.8 Å². The third-order valence-electron chi connectivity index (χ3n) is 4.11. The van der Waals surface area contributed by atoms with Crippen molar-refractivity contribution in [2.24, 2.45) is 0 Å². The number of carbonyl (C=O) groups is 2. The summed E-state index contributed by atoms with van der Waals surface area (Å²) in [5.74, 6) is -0.245. The number of carbonyl (C=O) groups excluding carboxylic acids is 2. The molecule has 1 aromatic heterocycles. The lowest BCUT2D eigenvalue weighted by Crippen LogP contribution is -2.30. The zero-order valence-electron chi connectivity index (χ0n) is 15.4. The van der Waals surface area contributed by atoms with Gasteiger partial charge in [-0.05, 0) is 41.5 Å². The molecule has 7 heteroatoms. The second kappa shape index (κ2) is 7.90. The van der Waals surface area contributed by atoms with Crippen molar-refractivity contribution in [3.63, 3.8) is 0 Å². The summed E-state index contributed by atoms with van der Waals surface area (Å²) in [5, 5.41) is 5.73.